The maximum absolute atomic E-state index is 13.5. The van der Waals surface area contributed by atoms with Gasteiger partial charge in [0, 0.05) is 24.3 Å². The van der Waals surface area contributed by atoms with Gasteiger partial charge in [0.15, 0.2) is 5.69 Å². The number of fused-ring (bicyclic) bond motifs is 1. The van der Waals surface area contributed by atoms with E-state index in [0.29, 0.717) is 29.5 Å². The van der Waals surface area contributed by atoms with Crippen LogP contribution >= 0.6 is 0 Å². The highest BCUT2D eigenvalue weighted by Crippen LogP contribution is 2.25. The molecule has 0 radical (unpaired) electrons. The number of nitrogens with one attached hydrogen (secondary N) is 1. The Labute approximate surface area is 225 Å². The molecule has 0 unspecified atom stereocenters. The van der Waals surface area contributed by atoms with E-state index in [1.807, 2.05) is 59.4 Å². The van der Waals surface area contributed by atoms with Crippen molar-refractivity contribution >= 4 is 16.7 Å². The molecular formula is C32H25N5O2. The number of hydrogen-bond acceptors (Lipinski definition) is 4. The molecule has 0 saturated heterocycles. The van der Waals surface area contributed by atoms with Crippen molar-refractivity contribution in [2.24, 2.45) is 0 Å². The highest BCUT2D eigenvalue weighted by molar-refractivity contribution is 6.04. The lowest BCUT2D eigenvalue weighted by Crippen LogP contribution is -2.30. The molecule has 7 nitrogen and oxygen atoms in total. The van der Waals surface area contributed by atoms with Crippen LogP contribution in [0.4, 0.5) is 0 Å². The number of benzene rings is 4. The summed E-state index contributed by atoms with van der Waals surface area (Å²) in [6.45, 7) is 1.02. The maximum atomic E-state index is 13.5. The molecule has 0 aliphatic rings. The predicted octanol–water partition coefficient (Wildman–Crippen LogP) is 5.23. The second-order valence-corrected chi connectivity index (χ2v) is 9.19. The molecule has 2 heterocycles. The molecule has 6 rings (SSSR count). The number of hydrogen-bond donors (Lipinski definition) is 1. The van der Waals surface area contributed by atoms with Gasteiger partial charge in [0.2, 0.25) is 0 Å². The minimum atomic E-state index is -0.347. The standard InChI is InChI=1S/C32H25N5O2/c38-31(30-28-13-6-7-14-29(28)32(39)37(35-30)26-10-2-1-3-11-26)33-21-25-9-4-5-12-27(25)24-17-15-23(16-18-24)22-36-20-8-19-34-36/h1-20H,21-22H2,(H,33,38). The molecule has 0 aliphatic carbocycles. The fourth-order valence-corrected chi connectivity index (χ4v) is 4.69. The number of rotatable bonds is 7. The summed E-state index contributed by atoms with van der Waals surface area (Å²) in [4.78, 5) is 26.6. The Bertz CT molecular complexity index is 1810. The van der Waals surface area contributed by atoms with Crippen LogP contribution in [0.5, 0.6) is 0 Å². The molecule has 1 N–H and O–H groups in total. The Morgan fingerprint density at radius 1 is 0.769 bits per heavy atom. The molecule has 0 aliphatic heterocycles. The second kappa shape index (κ2) is 10.6. The molecule has 2 aromatic heterocycles. The fraction of sp³-hybridized carbons (Fsp3) is 0.0625. The molecule has 0 atom stereocenters. The zero-order valence-electron chi connectivity index (χ0n) is 21.1. The van der Waals surface area contributed by atoms with Crippen molar-refractivity contribution in [3.05, 3.63) is 149 Å². The van der Waals surface area contributed by atoms with Crippen LogP contribution < -0.4 is 10.9 Å². The monoisotopic (exact) mass is 511 g/mol. The number of carbonyl (C=O) groups is 1. The summed E-state index contributed by atoms with van der Waals surface area (Å²) in [5, 5.41) is 12.8. The lowest BCUT2D eigenvalue weighted by Gasteiger charge is -2.13. The average Bonchev–Trinajstić information content (AvgIpc) is 3.50. The summed E-state index contributed by atoms with van der Waals surface area (Å²) in [7, 11) is 0. The lowest BCUT2D eigenvalue weighted by molar-refractivity contribution is 0.0946. The minimum Gasteiger partial charge on any atom is -0.347 e. The van der Waals surface area contributed by atoms with Gasteiger partial charge in [-0.25, -0.2) is 0 Å². The van der Waals surface area contributed by atoms with E-state index in [9.17, 15) is 9.59 Å². The van der Waals surface area contributed by atoms with Crippen molar-refractivity contribution in [2.75, 3.05) is 0 Å². The number of nitrogens with zero attached hydrogens (tertiary/aromatic N) is 4. The number of aromatic nitrogens is 4. The minimum absolute atomic E-state index is 0.203. The van der Waals surface area contributed by atoms with Gasteiger partial charge in [-0.15, -0.1) is 0 Å². The third kappa shape index (κ3) is 4.98. The van der Waals surface area contributed by atoms with Crippen molar-refractivity contribution in [3.8, 4) is 16.8 Å². The summed E-state index contributed by atoms with van der Waals surface area (Å²) in [5.41, 5.74) is 4.76. The van der Waals surface area contributed by atoms with Crippen LogP contribution in [0.15, 0.2) is 126 Å². The summed E-state index contributed by atoms with van der Waals surface area (Å²) >= 11 is 0. The van der Waals surface area contributed by atoms with Gasteiger partial charge in [-0.3, -0.25) is 14.3 Å². The Morgan fingerprint density at radius 3 is 2.26 bits per heavy atom. The van der Waals surface area contributed by atoms with Gasteiger partial charge in [0.25, 0.3) is 11.5 Å². The van der Waals surface area contributed by atoms with Crippen molar-refractivity contribution in [1.29, 1.82) is 0 Å². The first-order chi connectivity index (χ1) is 19.2. The number of carbonyl (C=O) groups excluding carboxylic acids is 1. The van der Waals surface area contributed by atoms with Crippen molar-refractivity contribution in [1.82, 2.24) is 24.9 Å². The quantitative estimate of drug-likeness (QED) is 0.318. The Balaban J connectivity index is 1.27. The molecule has 0 bridgehead atoms. The molecule has 190 valence electrons. The molecule has 1 amide bonds. The van der Waals surface area contributed by atoms with E-state index in [-0.39, 0.29) is 17.2 Å². The zero-order valence-corrected chi connectivity index (χ0v) is 21.1. The van der Waals surface area contributed by atoms with Crippen LogP contribution in [0.1, 0.15) is 21.6 Å². The second-order valence-electron chi connectivity index (χ2n) is 9.19. The molecule has 4 aromatic carbocycles. The van der Waals surface area contributed by atoms with E-state index in [1.54, 1.807) is 42.6 Å². The van der Waals surface area contributed by atoms with Crippen LogP contribution in [-0.4, -0.2) is 25.5 Å². The van der Waals surface area contributed by atoms with Gasteiger partial charge < -0.3 is 5.32 Å². The molecule has 7 heteroatoms. The van der Waals surface area contributed by atoms with Gasteiger partial charge in [0.1, 0.15) is 0 Å². The smallest absolute Gasteiger partial charge is 0.279 e. The van der Waals surface area contributed by atoms with Crippen molar-refractivity contribution in [3.63, 3.8) is 0 Å². The fourth-order valence-electron chi connectivity index (χ4n) is 4.69. The van der Waals surface area contributed by atoms with E-state index in [1.165, 1.54) is 4.68 Å². The van der Waals surface area contributed by atoms with E-state index >= 15 is 0 Å². The Kier molecular flexibility index (Phi) is 6.53. The first kappa shape index (κ1) is 24.1. The van der Waals surface area contributed by atoms with Crippen LogP contribution in [0, 0.1) is 0 Å². The van der Waals surface area contributed by atoms with E-state index in [0.717, 1.165) is 22.3 Å². The van der Waals surface area contributed by atoms with Gasteiger partial charge in [-0.2, -0.15) is 14.9 Å². The predicted molar refractivity (Wildman–Crippen MR) is 152 cm³/mol. The molecule has 0 fully saturated rings. The summed E-state index contributed by atoms with van der Waals surface area (Å²) in [6.07, 6.45) is 3.71. The Hall–Kier alpha value is -5.30. The van der Waals surface area contributed by atoms with Gasteiger partial charge >= 0.3 is 0 Å². The third-order valence-corrected chi connectivity index (χ3v) is 6.65. The van der Waals surface area contributed by atoms with Crippen molar-refractivity contribution in [2.45, 2.75) is 13.1 Å². The van der Waals surface area contributed by atoms with Crippen LogP contribution in [0.2, 0.25) is 0 Å². The van der Waals surface area contributed by atoms with E-state index in [4.69, 9.17) is 0 Å². The topological polar surface area (TPSA) is 81.8 Å². The molecular weight excluding hydrogens is 486 g/mol. The molecule has 0 saturated carbocycles. The first-order valence-corrected chi connectivity index (χ1v) is 12.7. The maximum Gasteiger partial charge on any atom is 0.279 e. The summed E-state index contributed by atoms with van der Waals surface area (Å²) in [5.74, 6) is -0.347. The van der Waals surface area contributed by atoms with Gasteiger partial charge in [-0.1, -0.05) is 84.9 Å². The highest BCUT2D eigenvalue weighted by atomic mass is 16.2. The van der Waals surface area contributed by atoms with Crippen LogP contribution in [0.3, 0.4) is 0 Å². The molecule has 0 spiro atoms. The normalized spacial score (nSPS) is 11.0. The van der Waals surface area contributed by atoms with Crippen LogP contribution in [0.25, 0.3) is 27.6 Å². The highest BCUT2D eigenvalue weighted by Gasteiger charge is 2.18. The number of amides is 1. The van der Waals surface area contributed by atoms with Gasteiger partial charge in [0.05, 0.1) is 17.6 Å². The summed E-state index contributed by atoms with van der Waals surface area (Å²) < 4.78 is 3.17. The molecule has 39 heavy (non-hydrogen) atoms. The summed E-state index contributed by atoms with van der Waals surface area (Å²) in [6, 6.07) is 34.5. The average molecular weight is 512 g/mol. The van der Waals surface area contributed by atoms with E-state index < -0.39 is 0 Å². The first-order valence-electron chi connectivity index (χ1n) is 12.7. The molecule has 6 aromatic rings. The zero-order chi connectivity index (χ0) is 26.6. The van der Waals surface area contributed by atoms with E-state index in [2.05, 4.69) is 39.8 Å². The Morgan fingerprint density at radius 2 is 1.49 bits per heavy atom. The van der Waals surface area contributed by atoms with Gasteiger partial charge in [-0.05, 0) is 46.5 Å². The van der Waals surface area contributed by atoms with Crippen molar-refractivity contribution < 1.29 is 4.79 Å². The largest absolute Gasteiger partial charge is 0.347 e. The lowest BCUT2D eigenvalue weighted by atomic mass is 9.98. The third-order valence-electron chi connectivity index (χ3n) is 6.65. The SMILES string of the molecule is O=C(NCc1ccccc1-c1ccc(Cn2cccn2)cc1)c1nn(-c2ccccc2)c(=O)c2ccccc12. The number of para-hydroxylation sites is 1. The van der Waals surface area contributed by atoms with Crippen LogP contribution in [-0.2, 0) is 13.1 Å².